The average molecular weight is 462 g/mol. The second-order valence-corrected chi connectivity index (χ2v) is 10.4. The summed E-state index contributed by atoms with van der Waals surface area (Å²) in [6.07, 6.45) is 2.79. The van der Waals surface area contributed by atoms with Gasteiger partial charge in [0.05, 0.1) is 4.90 Å². The Morgan fingerprint density at radius 2 is 1.64 bits per heavy atom. The van der Waals surface area contributed by atoms with Crippen LogP contribution in [0, 0.1) is 0 Å². The van der Waals surface area contributed by atoms with E-state index in [4.69, 9.17) is 0 Å². The molecule has 1 aliphatic heterocycles. The van der Waals surface area contributed by atoms with Crippen LogP contribution in [0.2, 0.25) is 0 Å². The number of aromatic nitrogens is 1. The van der Waals surface area contributed by atoms with Gasteiger partial charge in [0, 0.05) is 52.7 Å². The minimum absolute atomic E-state index is 0.165. The number of carbonyl (C=O) groups is 1. The molecule has 0 saturated carbocycles. The summed E-state index contributed by atoms with van der Waals surface area (Å²) in [5.41, 5.74) is 3.28. The summed E-state index contributed by atoms with van der Waals surface area (Å²) < 4.78 is 29.8. The van der Waals surface area contributed by atoms with Crippen LogP contribution in [-0.2, 0) is 16.6 Å². The van der Waals surface area contributed by atoms with E-state index in [-0.39, 0.29) is 10.8 Å². The highest BCUT2D eigenvalue weighted by Gasteiger charge is 2.26. The number of nitrogens with one attached hydrogen (secondary N) is 1. The lowest BCUT2D eigenvalue weighted by atomic mass is 10.1. The Balaban J connectivity index is 1.44. The average Bonchev–Trinajstić information content (AvgIpc) is 3.17. The van der Waals surface area contributed by atoms with E-state index in [2.05, 4.69) is 28.9 Å². The molecular formula is C26H27N3O3S. The Bertz CT molecular complexity index is 1450. The number of anilines is 1. The van der Waals surface area contributed by atoms with Gasteiger partial charge in [-0.1, -0.05) is 30.7 Å². The van der Waals surface area contributed by atoms with Crippen LogP contribution in [0.3, 0.4) is 0 Å². The fraction of sp³-hybridized carbons (Fsp3) is 0.269. The van der Waals surface area contributed by atoms with Crippen LogP contribution >= 0.6 is 0 Å². The minimum atomic E-state index is -3.59. The number of benzene rings is 3. The zero-order valence-corrected chi connectivity index (χ0v) is 19.4. The summed E-state index contributed by atoms with van der Waals surface area (Å²) in [4.78, 5) is 13.2. The van der Waals surface area contributed by atoms with Crippen molar-refractivity contribution < 1.29 is 13.2 Å². The SMILES string of the molecule is CCn1c2ccccc2c2cc(NC(=O)c3cccc(S(=O)(=O)N4CCCCC4)c3)ccc21. The van der Waals surface area contributed by atoms with Crippen molar-refractivity contribution in [2.24, 2.45) is 0 Å². The molecular weight excluding hydrogens is 434 g/mol. The predicted octanol–water partition coefficient (Wildman–Crippen LogP) is 5.24. The summed E-state index contributed by atoms with van der Waals surface area (Å²) in [7, 11) is -3.59. The molecule has 1 amide bonds. The molecule has 0 unspecified atom stereocenters. The molecule has 0 aliphatic carbocycles. The van der Waals surface area contributed by atoms with Crippen molar-refractivity contribution in [2.75, 3.05) is 18.4 Å². The van der Waals surface area contributed by atoms with E-state index in [1.54, 1.807) is 18.2 Å². The fourth-order valence-electron chi connectivity index (χ4n) is 4.73. The number of para-hydroxylation sites is 1. The molecule has 1 aliphatic rings. The minimum Gasteiger partial charge on any atom is -0.341 e. The molecule has 170 valence electrons. The summed E-state index contributed by atoms with van der Waals surface area (Å²) in [5, 5.41) is 5.16. The monoisotopic (exact) mass is 461 g/mol. The number of sulfonamides is 1. The van der Waals surface area contributed by atoms with Gasteiger partial charge in [0.2, 0.25) is 10.0 Å². The molecule has 33 heavy (non-hydrogen) atoms. The molecule has 0 radical (unpaired) electrons. The number of aryl methyl sites for hydroxylation is 1. The quantitative estimate of drug-likeness (QED) is 0.442. The van der Waals surface area contributed by atoms with E-state index in [9.17, 15) is 13.2 Å². The lowest BCUT2D eigenvalue weighted by Gasteiger charge is -2.26. The Kier molecular flexibility index (Phi) is 5.68. The molecule has 1 fully saturated rings. The van der Waals surface area contributed by atoms with E-state index in [1.165, 1.54) is 10.4 Å². The Hall–Kier alpha value is -3.16. The normalized spacial score (nSPS) is 15.2. The first-order valence-electron chi connectivity index (χ1n) is 11.4. The van der Waals surface area contributed by atoms with Gasteiger partial charge in [-0.25, -0.2) is 8.42 Å². The van der Waals surface area contributed by atoms with Crippen LogP contribution in [-0.4, -0.2) is 36.3 Å². The zero-order chi connectivity index (χ0) is 23.0. The fourth-order valence-corrected chi connectivity index (χ4v) is 6.29. The molecule has 4 aromatic rings. The first-order valence-corrected chi connectivity index (χ1v) is 12.9. The van der Waals surface area contributed by atoms with Gasteiger partial charge in [0.1, 0.15) is 0 Å². The van der Waals surface area contributed by atoms with Crippen molar-refractivity contribution in [2.45, 2.75) is 37.6 Å². The number of amides is 1. The van der Waals surface area contributed by atoms with Crippen LogP contribution < -0.4 is 5.32 Å². The molecule has 1 saturated heterocycles. The molecule has 0 spiro atoms. The van der Waals surface area contributed by atoms with Crippen LogP contribution in [0.25, 0.3) is 21.8 Å². The molecule has 2 heterocycles. The lowest BCUT2D eigenvalue weighted by Crippen LogP contribution is -2.35. The second-order valence-electron chi connectivity index (χ2n) is 8.44. The van der Waals surface area contributed by atoms with Gasteiger partial charge in [-0.15, -0.1) is 0 Å². The van der Waals surface area contributed by atoms with Crippen molar-refractivity contribution in [3.8, 4) is 0 Å². The van der Waals surface area contributed by atoms with Gasteiger partial charge in [-0.3, -0.25) is 4.79 Å². The lowest BCUT2D eigenvalue weighted by molar-refractivity contribution is 0.102. The molecule has 5 rings (SSSR count). The van der Waals surface area contributed by atoms with Crippen molar-refractivity contribution in [1.29, 1.82) is 0 Å². The molecule has 7 heteroatoms. The van der Waals surface area contributed by atoms with E-state index in [1.807, 2.05) is 30.3 Å². The topological polar surface area (TPSA) is 71.4 Å². The number of carbonyl (C=O) groups excluding carboxylic acids is 1. The number of fused-ring (bicyclic) bond motifs is 3. The molecule has 0 bridgehead atoms. The molecule has 6 nitrogen and oxygen atoms in total. The van der Waals surface area contributed by atoms with E-state index >= 15 is 0 Å². The summed E-state index contributed by atoms with van der Waals surface area (Å²) in [6.45, 7) is 4.04. The summed E-state index contributed by atoms with van der Waals surface area (Å²) >= 11 is 0. The van der Waals surface area contributed by atoms with E-state index in [0.717, 1.165) is 47.6 Å². The van der Waals surface area contributed by atoms with Gasteiger partial charge in [-0.2, -0.15) is 4.31 Å². The molecule has 1 N–H and O–H groups in total. The highest BCUT2D eigenvalue weighted by atomic mass is 32.2. The van der Waals surface area contributed by atoms with Crippen LogP contribution in [0.15, 0.2) is 71.6 Å². The smallest absolute Gasteiger partial charge is 0.255 e. The van der Waals surface area contributed by atoms with Crippen molar-refractivity contribution in [1.82, 2.24) is 8.87 Å². The van der Waals surface area contributed by atoms with Gasteiger partial charge in [0.25, 0.3) is 5.91 Å². The number of rotatable bonds is 5. The van der Waals surface area contributed by atoms with Gasteiger partial charge in [0.15, 0.2) is 0 Å². The maximum absolute atomic E-state index is 13.0. The van der Waals surface area contributed by atoms with Crippen molar-refractivity contribution in [3.05, 3.63) is 72.3 Å². The maximum Gasteiger partial charge on any atom is 0.255 e. The Morgan fingerprint density at radius 3 is 2.42 bits per heavy atom. The first kappa shape index (κ1) is 21.7. The van der Waals surface area contributed by atoms with E-state index < -0.39 is 10.0 Å². The van der Waals surface area contributed by atoms with Crippen molar-refractivity contribution in [3.63, 3.8) is 0 Å². The Morgan fingerprint density at radius 1 is 0.879 bits per heavy atom. The Labute approximate surface area is 193 Å². The third-order valence-corrected chi connectivity index (χ3v) is 8.29. The summed E-state index contributed by atoms with van der Waals surface area (Å²) in [6, 6.07) is 20.4. The zero-order valence-electron chi connectivity index (χ0n) is 18.6. The molecule has 0 atom stereocenters. The summed E-state index contributed by atoms with van der Waals surface area (Å²) in [5.74, 6) is -0.329. The number of hydrogen-bond acceptors (Lipinski definition) is 3. The number of piperidine rings is 1. The predicted molar refractivity (Wildman–Crippen MR) is 132 cm³/mol. The highest BCUT2D eigenvalue weighted by molar-refractivity contribution is 7.89. The number of nitrogens with zero attached hydrogens (tertiary/aromatic N) is 2. The van der Waals surface area contributed by atoms with Crippen LogP contribution in [0.5, 0.6) is 0 Å². The second kappa shape index (κ2) is 8.65. The third-order valence-electron chi connectivity index (χ3n) is 6.40. The largest absolute Gasteiger partial charge is 0.341 e. The molecule has 3 aromatic carbocycles. The van der Waals surface area contributed by atoms with Crippen molar-refractivity contribution >= 4 is 43.4 Å². The third kappa shape index (κ3) is 3.92. The first-order chi connectivity index (χ1) is 16.0. The standard InChI is InChI=1S/C26H27N3O3S/c1-2-29-24-12-5-4-11-22(24)23-18-20(13-14-25(23)29)27-26(30)19-9-8-10-21(17-19)33(31,32)28-15-6-3-7-16-28/h4-5,8-14,17-18H,2-3,6-7,15-16H2,1H3,(H,27,30). The molecule has 1 aromatic heterocycles. The number of hydrogen-bond donors (Lipinski definition) is 1. The van der Waals surface area contributed by atoms with Crippen LogP contribution in [0.1, 0.15) is 36.5 Å². The van der Waals surface area contributed by atoms with Gasteiger partial charge in [-0.05, 0) is 62.2 Å². The van der Waals surface area contributed by atoms with Crippen LogP contribution in [0.4, 0.5) is 5.69 Å². The maximum atomic E-state index is 13.0. The van der Waals surface area contributed by atoms with Gasteiger partial charge >= 0.3 is 0 Å². The van der Waals surface area contributed by atoms with Gasteiger partial charge < -0.3 is 9.88 Å². The van der Waals surface area contributed by atoms with E-state index in [0.29, 0.717) is 24.3 Å². The highest BCUT2D eigenvalue weighted by Crippen LogP contribution is 2.31.